The van der Waals surface area contributed by atoms with E-state index in [9.17, 15) is 0 Å². The molecule has 0 saturated heterocycles. The van der Waals surface area contributed by atoms with Crippen LogP contribution in [-0.2, 0) is 0 Å². The third kappa shape index (κ3) is 103. The van der Waals surface area contributed by atoms with Crippen molar-refractivity contribution in [3.63, 3.8) is 0 Å². The molecule has 0 bridgehead atoms. The summed E-state index contributed by atoms with van der Waals surface area (Å²) in [6.45, 7) is 0. The van der Waals surface area contributed by atoms with Gasteiger partial charge >= 0.3 is 0 Å². The fourth-order valence-electron chi connectivity index (χ4n) is 0. The molecule has 0 atom stereocenters. The van der Waals surface area contributed by atoms with Crippen LogP contribution >= 0.6 is 0 Å². The Hall–Kier alpha value is 0.828. The molecule has 0 saturated carbocycles. The van der Waals surface area contributed by atoms with Gasteiger partial charge in [-0.05, 0) is 0 Å². The smallest absolute Gasteiger partial charge is 0 e. The minimum atomic E-state index is 0. The normalized spacial score (nSPS) is 0. The Morgan fingerprint density at radius 1 is 0.500 bits per heavy atom. The summed E-state index contributed by atoms with van der Waals surface area (Å²) in [6, 6.07) is 0. The van der Waals surface area contributed by atoms with Crippen molar-refractivity contribution in [3.05, 3.63) is 0 Å². The van der Waals surface area contributed by atoms with E-state index in [1.165, 1.54) is 0 Å². The average Bonchev–Trinajstić information content (AvgIpc) is 0. The van der Waals surface area contributed by atoms with E-state index in [1.54, 1.807) is 0 Å². The third-order valence-electron chi connectivity index (χ3n) is 0. The van der Waals surface area contributed by atoms with E-state index in [0.717, 1.165) is 0 Å². The van der Waals surface area contributed by atoms with Crippen molar-refractivity contribution in [2.75, 3.05) is 0 Å². The molecule has 0 aliphatic carbocycles. The molecule has 0 aliphatic rings. The summed E-state index contributed by atoms with van der Waals surface area (Å²) < 4.78 is 0. The van der Waals surface area contributed by atoms with E-state index in [1.807, 2.05) is 0 Å². The molecule has 0 heterocycles. The van der Waals surface area contributed by atoms with Gasteiger partial charge in [0.1, 0.15) is 0 Å². The van der Waals surface area contributed by atoms with E-state index in [-0.39, 0.29) is 55.7 Å². The Bertz CT molecular complexity index is 7.51. The Kier molecular flexibility index (Phi) is 11200. The van der Waals surface area contributed by atoms with Gasteiger partial charge in [-0.1, -0.05) is 0 Å². The molecular weight excluding hydrogens is 233 g/mol. The van der Waals surface area contributed by atoms with Gasteiger partial charge in [-0.2, -0.15) is 0 Å². The fourth-order valence-corrected chi connectivity index (χ4v) is 0. The number of rotatable bonds is 0. The molecule has 0 nitrogen and oxygen atoms in total. The first kappa shape index (κ1) is 338. The molecule has 3 radical (unpaired) electrons. The van der Waals surface area contributed by atoms with Gasteiger partial charge in [0.15, 0.2) is 0 Å². The summed E-state index contributed by atoms with van der Waals surface area (Å²) in [5, 5.41) is 0. The zero-order chi connectivity index (χ0) is 0. The van der Waals surface area contributed by atoms with Crippen molar-refractivity contribution in [1.29, 1.82) is 0 Å². The standard InChI is InChI=1S/ClH.4FH.Sb/h5*1H;/p-5. The molecule has 0 aliphatic heterocycles. The van der Waals surface area contributed by atoms with Crippen LogP contribution < -0.4 is 31.2 Å². The maximum absolute atomic E-state index is 0. The molecule has 6 heavy (non-hydrogen) atoms. The molecule has 0 aromatic carbocycles. The first-order chi connectivity index (χ1) is 0. The first-order valence-corrected chi connectivity index (χ1v) is 0. The van der Waals surface area contributed by atoms with E-state index >= 15 is 0 Å². The van der Waals surface area contributed by atoms with Gasteiger partial charge in [-0.3, -0.25) is 0 Å². The number of hydrogen-bond donors (Lipinski definition) is 0. The van der Waals surface area contributed by atoms with Crippen LogP contribution in [0.2, 0.25) is 0 Å². The Morgan fingerprint density at radius 3 is 0.500 bits per heavy atom. The average molecular weight is 233 g/mol. The van der Waals surface area contributed by atoms with Gasteiger partial charge in [0.25, 0.3) is 0 Å². The maximum Gasteiger partial charge on any atom is 0 e. The minimum Gasteiger partial charge on any atom is -1.00 e. The predicted octanol–water partition coefficient (Wildman–Crippen LogP) is -15.4. The first-order valence-electron chi connectivity index (χ1n) is 0. The van der Waals surface area contributed by atoms with Crippen molar-refractivity contribution < 1.29 is 31.2 Å². The molecule has 0 fully saturated rings. The Labute approximate surface area is 56.0 Å². The van der Waals surface area contributed by atoms with Crippen molar-refractivity contribution >= 4 is 24.4 Å². The Morgan fingerprint density at radius 2 is 0.500 bits per heavy atom. The summed E-state index contributed by atoms with van der Waals surface area (Å²) in [5.41, 5.74) is 0. The van der Waals surface area contributed by atoms with Crippen LogP contribution in [0.25, 0.3) is 0 Å². The van der Waals surface area contributed by atoms with Crippen LogP contribution in [0.4, 0.5) is 0 Å². The van der Waals surface area contributed by atoms with Gasteiger partial charge in [0, 0.05) is 24.4 Å². The second-order valence-electron chi connectivity index (χ2n) is 0. The van der Waals surface area contributed by atoms with Crippen LogP contribution in [0, 0.1) is 0 Å². The van der Waals surface area contributed by atoms with Gasteiger partial charge in [0.05, 0.1) is 0 Å². The van der Waals surface area contributed by atoms with Gasteiger partial charge in [-0.15, -0.1) is 0 Å². The van der Waals surface area contributed by atoms with E-state index in [0.29, 0.717) is 0 Å². The molecule has 0 amide bonds. The second kappa shape index (κ2) is 198. The quantitative estimate of drug-likeness (QED) is 0.288. The van der Waals surface area contributed by atoms with E-state index in [4.69, 9.17) is 0 Å². The maximum atomic E-state index is 0. The summed E-state index contributed by atoms with van der Waals surface area (Å²) in [4.78, 5) is 0. The molecular formula is ClF4Sb-5. The summed E-state index contributed by atoms with van der Waals surface area (Å²) in [7, 11) is 0. The van der Waals surface area contributed by atoms with Crippen LogP contribution in [0.3, 0.4) is 0 Å². The molecule has 45 valence electrons. The molecule has 6 heteroatoms. The van der Waals surface area contributed by atoms with Gasteiger partial charge in [-0.25, -0.2) is 0 Å². The SMILES string of the molecule is [Cl-].[F-].[F-].[F-].[F-].[Sb]. The zero-order valence-corrected chi connectivity index (χ0v) is 5.65. The van der Waals surface area contributed by atoms with Crippen LogP contribution in [0.5, 0.6) is 0 Å². The van der Waals surface area contributed by atoms with Crippen molar-refractivity contribution in [1.82, 2.24) is 0 Å². The fraction of sp³-hybridized carbons (Fsp3) is 0. The van der Waals surface area contributed by atoms with Crippen molar-refractivity contribution in [2.24, 2.45) is 0 Å². The van der Waals surface area contributed by atoms with E-state index in [2.05, 4.69) is 0 Å². The van der Waals surface area contributed by atoms with Crippen molar-refractivity contribution in [2.45, 2.75) is 0 Å². The molecule has 0 aromatic rings. The topological polar surface area (TPSA) is 0 Å². The zero-order valence-electron chi connectivity index (χ0n) is 2.34. The summed E-state index contributed by atoms with van der Waals surface area (Å²) in [5.74, 6) is 0. The molecule has 0 aromatic heterocycles. The van der Waals surface area contributed by atoms with Gasteiger partial charge in [0.2, 0.25) is 0 Å². The number of halogens is 5. The molecule has 0 unspecified atom stereocenters. The number of hydrogen-bond acceptors (Lipinski definition) is 0. The molecule has 0 spiro atoms. The Balaban J connectivity index is 0. The van der Waals surface area contributed by atoms with E-state index < -0.39 is 0 Å². The largest absolute Gasteiger partial charge is 1.00 e. The van der Waals surface area contributed by atoms with Crippen LogP contribution in [0.15, 0.2) is 0 Å². The van der Waals surface area contributed by atoms with Crippen LogP contribution in [-0.4, -0.2) is 24.4 Å². The molecule has 0 N–H and O–H groups in total. The predicted molar refractivity (Wildman–Crippen MR) is 5.75 cm³/mol. The van der Waals surface area contributed by atoms with Crippen LogP contribution in [0.1, 0.15) is 0 Å². The monoisotopic (exact) mass is 232 g/mol. The minimum absolute atomic E-state index is 0. The summed E-state index contributed by atoms with van der Waals surface area (Å²) >= 11 is 0. The van der Waals surface area contributed by atoms with Gasteiger partial charge < -0.3 is 31.2 Å². The third-order valence-corrected chi connectivity index (χ3v) is 0. The van der Waals surface area contributed by atoms with Crippen molar-refractivity contribution in [3.8, 4) is 0 Å². The molecule has 0 rings (SSSR count). The summed E-state index contributed by atoms with van der Waals surface area (Å²) in [6.07, 6.45) is 0. The second-order valence-corrected chi connectivity index (χ2v) is 0.